The summed E-state index contributed by atoms with van der Waals surface area (Å²) in [5.74, 6) is 0.761. The maximum absolute atomic E-state index is 12.0. The summed E-state index contributed by atoms with van der Waals surface area (Å²) in [4.78, 5) is 16.6. The smallest absolute Gasteiger partial charge is 0.226 e. The quantitative estimate of drug-likeness (QED) is 0.748. The van der Waals surface area contributed by atoms with Crippen molar-refractivity contribution >= 4 is 22.6 Å². The number of aliphatic hydroxyl groups is 1. The first kappa shape index (κ1) is 17.2. The molecule has 130 valence electrons. The van der Waals surface area contributed by atoms with Gasteiger partial charge in [-0.05, 0) is 42.3 Å². The fourth-order valence-electron chi connectivity index (χ4n) is 2.74. The fourth-order valence-corrected chi connectivity index (χ4v) is 2.74. The minimum Gasteiger partial charge on any atom is -0.392 e. The number of rotatable bonds is 5. The number of amides is 1. The van der Waals surface area contributed by atoms with Gasteiger partial charge in [-0.15, -0.1) is 0 Å². The predicted octanol–water partition coefficient (Wildman–Crippen LogP) is 3.59. The van der Waals surface area contributed by atoms with Crippen molar-refractivity contribution < 1.29 is 9.90 Å². The molecule has 3 rings (SSSR count). The third-order valence-corrected chi connectivity index (χ3v) is 4.38. The molecule has 1 aromatic heterocycles. The van der Waals surface area contributed by atoms with Crippen LogP contribution in [0, 0.1) is 5.92 Å². The molecule has 0 aliphatic heterocycles. The summed E-state index contributed by atoms with van der Waals surface area (Å²) in [5.41, 5.74) is 3.74. The molecule has 0 aliphatic rings. The lowest BCUT2D eigenvalue weighted by atomic mass is 10.0. The van der Waals surface area contributed by atoms with Crippen molar-refractivity contribution in [2.24, 2.45) is 13.0 Å². The largest absolute Gasteiger partial charge is 0.392 e. The van der Waals surface area contributed by atoms with Crippen LogP contribution in [0.3, 0.4) is 0 Å². The Bertz CT molecular complexity index is 882. The Hall–Kier alpha value is -2.66. The average Bonchev–Trinajstić information content (AvgIpc) is 2.92. The van der Waals surface area contributed by atoms with E-state index in [1.54, 1.807) is 0 Å². The zero-order valence-corrected chi connectivity index (χ0v) is 14.7. The number of nitrogens with zero attached hydrogens (tertiary/aromatic N) is 2. The van der Waals surface area contributed by atoms with Crippen LogP contribution in [0.25, 0.3) is 22.4 Å². The summed E-state index contributed by atoms with van der Waals surface area (Å²) in [7, 11) is 1.99. The van der Waals surface area contributed by atoms with Gasteiger partial charge in [0, 0.05) is 18.3 Å². The highest BCUT2D eigenvalue weighted by Gasteiger charge is 2.14. The number of fused-ring (bicyclic) bond motifs is 1. The molecule has 2 aromatic carbocycles. The van der Waals surface area contributed by atoms with Crippen LogP contribution in [0.15, 0.2) is 48.5 Å². The summed E-state index contributed by atoms with van der Waals surface area (Å²) in [6.45, 7) is 3.78. The van der Waals surface area contributed by atoms with Crippen molar-refractivity contribution in [2.45, 2.75) is 26.4 Å². The molecule has 5 nitrogen and oxygen atoms in total. The van der Waals surface area contributed by atoms with E-state index in [9.17, 15) is 9.90 Å². The summed E-state index contributed by atoms with van der Waals surface area (Å²) in [5, 5.41) is 12.6. The summed E-state index contributed by atoms with van der Waals surface area (Å²) in [6, 6.07) is 15.6. The molecule has 1 atom stereocenters. The van der Waals surface area contributed by atoms with Gasteiger partial charge in [-0.25, -0.2) is 4.98 Å². The van der Waals surface area contributed by atoms with Gasteiger partial charge in [0.05, 0.1) is 23.6 Å². The minimum atomic E-state index is -0.626. The van der Waals surface area contributed by atoms with Crippen LogP contribution in [-0.4, -0.2) is 26.7 Å². The second-order valence-electron chi connectivity index (χ2n) is 6.62. The molecule has 1 amide bonds. The number of aromatic nitrogens is 2. The van der Waals surface area contributed by atoms with Crippen molar-refractivity contribution in [3.05, 3.63) is 48.5 Å². The van der Waals surface area contributed by atoms with Crippen molar-refractivity contribution in [1.82, 2.24) is 9.55 Å². The third-order valence-electron chi connectivity index (χ3n) is 4.38. The average molecular weight is 337 g/mol. The number of benzene rings is 2. The number of carbonyl (C=O) groups is 1. The molecule has 2 N–H and O–H groups in total. The molecule has 5 heteroatoms. The number of carbonyl (C=O) groups excluding carboxylic acids is 1. The predicted molar refractivity (Wildman–Crippen MR) is 100 cm³/mol. The van der Waals surface area contributed by atoms with Gasteiger partial charge in [0.1, 0.15) is 5.82 Å². The molecule has 0 saturated heterocycles. The standard InChI is InChI=1S/C20H23N3O2/c1-13(2)18(24)12-19(25)21-15-10-8-14(9-11-15)20-22-16-6-4-5-7-17(16)23(20)3/h4-11,13,18,24H,12H2,1-3H3,(H,21,25). The summed E-state index contributed by atoms with van der Waals surface area (Å²) >= 11 is 0. The number of hydrogen-bond donors (Lipinski definition) is 2. The maximum atomic E-state index is 12.0. The van der Waals surface area contributed by atoms with Gasteiger partial charge in [0.25, 0.3) is 0 Å². The molecule has 1 heterocycles. The van der Waals surface area contributed by atoms with E-state index < -0.39 is 6.10 Å². The van der Waals surface area contributed by atoms with Crippen LogP contribution in [0.1, 0.15) is 20.3 Å². The van der Waals surface area contributed by atoms with Crippen LogP contribution < -0.4 is 5.32 Å². The Morgan fingerprint density at radius 3 is 2.48 bits per heavy atom. The minimum absolute atomic E-state index is 0.0608. The normalized spacial score (nSPS) is 12.5. The summed E-state index contributed by atoms with van der Waals surface area (Å²) in [6.07, 6.45) is -0.524. The van der Waals surface area contributed by atoms with Crippen molar-refractivity contribution in [2.75, 3.05) is 5.32 Å². The number of para-hydroxylation sites is 2. The Labute approximate surface area is 147 Å². The van der Waals surface area contributed by atoms with Gasteiger partial charge in [-0.1, -0.05) is 26.0 Å². The summed E-state index contributed by atoms with van der Waals surface area (Å²) < 4.78 is 2.06. The lowest BCUT2D eigenvalue weighted by Gasteiger charge is -2.14. The van der Waals surface area contributed by atoms with Gasteiger partial charge in [0.2, 0.25) is 5.91 Å². The van der Waals surface area contributed by atoms with Gasteiger partial charge in [-0.3, -0.25) is 4.79 Å². The molecule has 0 saturated carbocycles. The molecule has 1 unspecified atom stereocenters. The van der Waals surface area contributed by atoms with Crippen molar-refractivity contribution in [3.8, 4) is 11.4 Å². The lowest BCUT2D eigenvalue weighted by Crippen LogP contribution is -2.23. The van der Waals surface area contributed by atoms with Crippen LogP contribution in [0.4, 0.5) is 5.69 Å². The first-order valence-electron chi connectivity index (χ1n) is 8.45. The van der Waals surface area contributed by atoms with E-state index in [2.05, 4.69) is 14.9 Å². The molecular formula is C20H23N3O2. The first-order valence-corrected chi connectivity index (χ1v) is 8.45. The van der Waals surface area contributed by atoms with Gasteiger partial charge in [-0.2, -0.15) is 0 Å². The van der Waals surface area contributed by atoms with Crippen LogP contribution >= 0.6 is 0 Å². The Morgan fingerprint density at radius 1 is 1.16 bits per heavy atom. The molecule has 0 spiro atoms. The molecule has 3 aromatic rings. The van der Waals surface area contributed by atoms with E-state index >= 15 is 0 Å². The zero-order chi connectivity index (χ0) is 18.0. The van der Waals surface area contributed by atoms with Crippen LogP contribution in [0.5, 0.6) is 0 Å². The van der Waals surface area contributed by atoms with E-state index in [1.165, 1.54) is 0 Å². The second-order valence-corrected chi connectivity index (χ2v) is 6.62. The second kappa shape index (κ2) is 7.07. The van der Waals surface area contributed by atoms with Crippen molar-refractivity contribution in [3.63, 3.8) is 0 Å². The van der Waals surface area contributed by atoms with E-state index in [1.807, 2.05) is 69.4 Å². The number of aliphatic hydroxyl groups excluding tert-OH is 1. The lowest BCUT2D eigenvalue weighted by molar-refractivity contribution is -0.118. The molecule has 25 heavy (non-hydrogen) atoms. The molecule has 0 bridgehead atoms. The molecule has 0 aliphatic carbocycles. The Balaban J connectivity index is 1.76. The van der Waals surface area contributed by atoms with Crippen LogP contribution in [0.2, 0.25) is 0 Å². The highest BCUT2D eigenvalue weighted by molar-refractivity contribution is 5.91. The van der Waals surface area contributed by atoms with E-state index in [-0.39, 0.29) is 18.2 Å². The fraction of sp³-hybridized carbons (Fsp3) is 0.300. The first-order chi connectivity index (χ1) is 12.0. The van der Waals surface area contributed by atoms with E-state index in [4.69, 9.17) is 0 Å². The monoisotopic (exact) mass is 337 g/mol. The molecule has 0 radical (unpaired) electrons. The third kappa shape index (κ3) is 3.72. The van der Waals surface area contributed by atoms with Crippen LogP contribution in [-0.2, 0) is 11.8 Å². The highest BCUT2D eigenvalue weighted by Crippen LogP contribution is 2.24. The number of nitrogens with one attached hydrogen (secondary N) is 1. The molecule has 0 fully saturated rings. The number of hydrogen-bond acceptors (Lipinski definition) is 3. The number of imidazole rings is 1. The Kier molecular flexibility index (Phi) is 4.86. The topological polar surface area (TPSA) is 67.2 Å². The maximum Gasteiger partial charge on any atom is 0.226 e. The number of anilines is 1. The zero-order valence-electron chi connectivity index (χ0n) is 14.7. The SMILES string of the molecule is CC(C)C(O)CC(=O)Nc1ccc(-c2nc3ccccc3n2C)cc1. The van der Waals surface area contributed by atoms with E-state index in [0.717, 1.165) is 22.4 Å². The van der Waals surface area contributed by atoms with Crippen molar-refractivity contribution in [1.29, 1.82) is 0 Å². The molecular weight excluding hydrogens is 314 g/mol. The Morgan fingerprint density at radius 2 is 1.84 bits per heavy atom. The number of aryl methyl sites for hydroxylation is 1. The highest BCUT2D eigenvalue weighted by atomic mass is 16.3. The van der Waals surface area contributed by atoms with E-state index in [0.29, 0.717) is 5.69 Å². The van der Waals surface area contributed by atoms with Gasteiger partial charge in [0.15, 0.2) is 0 Å². The van der Waals surface area contributed by atoms with Gasteiger partial charge < -0.3 is 15.0 Å². The van der Waals surface area contributed by atoms with Gasteiger partial charge >= 0.3 is 0 Å².